The Morgan fingerprint density at radius 3 is 2.86 bits per heavy atom. The highest BCUT2D eigenvalue weighted by Gasteiger charge is 2.19. The molecule has 2 aromatic heterocycles. The third-order valence-corrected chi connectivity index (χ3v) is 6.03. The number of nitrogens with zero attached hydrogens (tertiary/aromatic N) is 2. The number of halogens is 2. The molecule has 3 rings (SSSR count). The van der Waals surface area contributed by atoms with E-state index in [-0.39, 0.29) is 6.10 Å². The maximum atomic E-state index is 10.5. The molecule has 2 unspecified atom stereocenters. The van der Waals surface area contributed by atoms with Crippen molar-refractivity contribution >= 4 is 34.5 Å². The summed E-state index contributed by atoms with van der Waals surface area (Å²) in [5.41, 5.74) is 0.672. The van der Waals surface area contributed by atoms with Crippen molar-refractivity contribution in [1.82, 2.24) is 4.57 Å². The summed E-state index contributed by atoms with van der Waals surface area (Å²) in [6, 6.07) is 9.32. The van der Waals surface area contributed by atoms with Crippen LogP contribution in [0.4, 0.5) is 0 Å². The molecule has 2 atom stereocenters. The second-order valence-electron chi connectivity index (χ2n) is 6.72. The normalized spacial score (nSPS) is 13.6. The van der Waals surface area contributed by atoms with Crippen molar-refractivity contribution < 1.29 is 14.4 Å². The zero-order valence-electron chi connectivity index (χ0n) is 15.8. The summed E-state index contributed by atoms with van der Waals surface area (Å²) in [5.74, 6) is 0. The summed E-state index contributed by atoms with van der Waals surface area (Å²) in [6.07, 6.45) is 7.43. The van der Waals surface area contributed by atoms with Gasteiger partial charge in [-0.15, -0.1) is 11.3 Å². The van der Waals surface area contributed by atoms with Gasteiger partial charge in [0, 0.05) is 27.1 Å². The van der Waals surface area contributed by atoms with Gasteiger partial charge in [-0.05, 0) is 30.0 Å². The average Bonchev–Trinajstić information content (AvgIpc) is 3.33. The maximum Gasteiger partial charge on any atom is 0.243 e. The fourth-order valence-electron chi connectivity index (χ4n) is 2.99. The van der Waals surface area contributed by atoms with Gasteiger partial charge in [0.15, 0.2) is 0 Å². The Morgan fingerprint density at radius 1 is 1.29 bits per heavy atom. The zero-order chi connectivity index (χ0) is 19.9. The van der Waals surface area contributed by atoms with E-state index < -0.39 is 6.10 Å². The van der Waals surface area contributed by atoms with Crippen molar-refractivity contribution in [2.24, 2.45) is 0 Å². The van der Waals surface area contributed by atoms with E-state index in [2.05, 4.69) is 29.0 Å². The van der Waals surface area contributed by atoms with Crippen LogP contribution in [0.3, 0.4) is 0 Å². The van der Waals surface area contributed by atoms with Gasteiger partial charge in [0.25, 0.3) is 0 Å². The maximum absolute atomic E-state index is 10.5. The molecule has 0 spiro atoms. The van der Waals surface area contributed by atoms with Crippen LogP contribution in [0.1, 0.15) is 42.4 Å². The average molecular weight is 440 g/mol. The number of benzene rings is 1. The smallest absolute Gasteiger partial charge is 0.243 e. The van der Waals surface area contributed by atoms with E-state index in [0.29, 0.717) is 22.2 Å². The minimum absolute atomic E-state index is 0.0306. The van der Waals surface area contributed by atoms with Crippen molar-refractivity contribution in [3.8, 4) is 0 Å². The first-order chi connectivity index (χ1) is 13.6. The van der Waals surface area contributed by atoms with Crippen molar-refractivity contribution in [2.45, 2.75) is 45.1 Å². The number of aliphatic hydroxyl groups is 1. The molecule has 0 aliphatic carbocycles. The van der Waals surface area contributed by atoms with Gasteiger partial charge in [0.05, 0.1) is 0 Å². The molecule has 0 amide bonds. The van der Waals surface area contributed by atoms with Crippen LogP contribution >= 0.6 is 34.5 Å². The van der Waals surface area contributed by atoms with Crippen LogP contribution in [0, 0.1) is 0 Å². The molecule has 0 saturated heterocycles. The molecule has 7 heteroatoms. The van der Waals surface area contributed by atoms with Crippen LogP contribution in [0.25, 0.3) is 0 Å². The molecular formula is C21H25Cl2N2O2S+. The van der Waals surface area contributed by atoms with Crippen LogP contribution in [-0.4, -0.2) is 16.3 Å². The van der Waals surface area contributed by atoms with Crippen molar-refractivity contribution in [3.05, 3.63) is 74.9 Å². The van der Waals surface area contributed by atoms with Crippen LogP contribution < -0.4 is 4.57 Å². The Kier molecular flexibility index (Phi) is 7.94. The van der Waals surface area contributed by atoms with Gasteiger partial charge in [-0.3, -0.25) is 0 Å². The number of unbranched alkanes of at least 4 members (excludes halogenated alkanes) is 1. The van der Waals surface area contributed by atoms with Crippen LogP contribution in [0.5, 0.6) is 0 Å². The summed E-state index contributed by atoms with van der Waals surface area (Å²) >= 11 is 13.9. The number of hydrogen-bond acceptors (Lipinski definition) is 3. The lowest BCUT2D eigenvalue weighted by atomic mass is 10.1. The summed E-state index contributed by atoms with van der Waals surface area (Å²) in [4.78, 5) is 1.23. The van der Waals surface area contributed by atoms with E-state index in [1.54, 1.807) is 29.5 Å². The molecular weight excluding hydrogens is 415 g/mol. The minimum Gasteiger partial charge on any atom is -0.384 e. The van der Waals surface area contributed by atoms with Gasteiger partial charge in [-0.25, -0.2) is 9.13 Å². The largest absolute Gasteiger partial charge is 0.384 e. The van der Waals surface area contributed by atoms with E-state index in [1.807, 2.05) is 23.3 Å². The van der Waals surface area contributed by atoms with Gasteiger partial charge < -0.3 is 9.84 Å². The first-order valence-corrected chi connectivity index (χ1v) is 11.0. The van der Waals surface area contributed by atoms with Crippen LogP contribution in [-0.2, 0) is 17.8 Å². The van der Waals surface area contributed by atoms with Crippen molar-refractivity contribution in [3.63, 3.8) is 0 Å². The number of aliphatic hydroxyl groups excluding tert-OH is 1. The molecule has 0 aliphatic heterocycles. The number of hydrogen-bond donors (Lipinski definition) is 1. The summed E-state index contributed by atoms with van der Waals surface area (Å²) in [6.45, 7) is 4.06. The highest BCUT2D eigenvalue weighted by molar-refractivity contribution is 7.10. The van der Waals surface area contributed by atoms with E-state index in [0.717, 1.165) is 26.0 Å². The Bertz CT molecular complexity index is 867. The zero-order valence-corrected chi connectivity index (χ0v) is 18.1. The van der Waals surface area contributed by atoms with E-state index >= 15 is 0 Å². The van der Waals surface area contributed by atoms with Gasteiger partial charge >= 0.3 is 0 Å². The predicted molar refractivity (Wildman–Crippen MR) is 114 cm³/mol. The van der Waals surface area contributed by atoms with E-state index in [9.17, 15) is 5.11 Å². The lowest BCUT2D eigenvalue weighted by Crippen LogP contribution is -2.34. The molecule has 1 aromatic carbocycles. The molecule has 0 aliphatic rings. The molecule has 3 aromatic rings. The number of thiophene rings is 1. The topological polar surface area (TPSA) is 38.3 Å². The van der Waals surface area contributed by atoms with Crippen LogP contribution in [0.2, 0.25) is 10.0 Å². The Morgan fingerprint density at radius 2 is 2.14 bits per heavy atom. The summed E-state index contributed by atoms with van der Waals surface area (Å²) in [5, 5.41) is 13.7. The van der Waals surface area contributed by atoms with Crippen LogP contribution in [0.15, 0.2) is 54.4 Å². The number of imidazole rings is 1. The number of rotatable bonds is 10. The van der Waals surface area contributed by atoms with E-state index in [4.69, 9.17) is 27.9 Å². The Hall–Kier alpha value is -1.37. The third kappa shape index (κ3) is 5.82. The Labute approximate surface area is 179 Å². The lowest BCUT2D eigenvalue weighted by molar-refractivity contribution is -0.704. The van der Waals surface area contributed by atoms with Gasteiger partial charge in [0.1, 0.15) is 37.7 Å². The summed E-state index contributed by atoms with van der Waals surface area (Å²) in [7, 11) is 0. The van der Waals surface area contributed by atoms with Crippen molar-refractivity contribution in [2.75, 3.05) is 6.61 Å². The van der Waals surface area contributed by atoms with E-state index in [1.165, 1.54) is 4.88 Å². The minimum atomic E-state index is -0.709. The molecule has 28 heavy (non-hydrogen) atoms. The number of aromatic nitrogens is 2. The molecule has 4 nitrogen and oxygen atoms in total. The van der Waals surface area contributed by atoms with Gasteiger partial charge in [-0.1, -0.05) is 48.7 Å². The quantitative estimate of drug-likeness (QED) is 0.337. The molecule has 0 saturated carbocycles. The molecule has 150 valence electrons. The molecule has 1 N–H and O–H groups in total. The first kappa shape index (κ1) is 21.3. The Balaban J connectivity index is 1.65. The SMILES string of the molecule is CCCCOC(Cn1cc[n+](CC(O)c2ccc(Cl)cc2Cl)c1)c1cccs1. The molecule has 0 radical (unpaired) electrons. The second kappa shape index (κ2) is 10.4. The fourth-order valence-corrected chi connectivity index (χ4v) is 4.29. The highest BCUT2D eigenvalue weighted by Crippen LogP contribution is 2.27. The third-order valence-electron chi connectivity index (χ3n) is 4.51. The predicted octanol–water partition coefficient (Wildman–Crippen LogP) is 5.44. The standard InChI is InChI=1S/C21H25Cl2N2O2S/c1-2-3-10-27-20(21-5-4-11-28-21)14-25-9-8-24(15-25)13-19(26)17-7-6-16(22)12-18(17)23/h4-9,11-12,15,19-20,26H,2-3,10,13-14H2,1H3/q+1. The molecule has 0 bridgehead atoms. The van der Waals surface area contributed by atoms with Gasteiger partial charge in [0.2, 0.25) is 6.33 Å². The van der Waals surface area contributed by atoms with Gasteiger partial charge in [-0.2, -0.15) is 0 Å². The molecule has 0 fully saturated rings. The fraction of sp³-hybridized carbons (Fsp3) is 0.381. The monoisotopic (exact) mass is 439 g/mol. The second-order valence-corrected chi connectivity index (χ2v) is 8.54. The summed E-state index contributed by atoms with van der Waals surface area (Å²) < 4.78 is 10.2. The van der Waals surface area contributed by atoms with Crippen molar-refractivity contribution in [1.29, 1.82) is 0 Å². The first-order valence-electron chi connectivity index (χ1n) is 9.39. The highest BCUT2D eigenvalue weighted by atomic mass is 35.5. The number of ether oxygens (including phenoxy) is 1. The molecule has 2 heterocycles. The lowest BCUT2D eigenvalue weighted by Gasteiger charge is -2.14.